The van der Waals surface area contributed by atoms with Gasteiger partial charge in [0, 0.05) is 6.04 Å². The van der Waals surface area contributed by atoms with E-state index in [4.69, 9.17) is 4.74 Å². The summed E-state index contributed by atoms with van der Waals surface area (Å²) in [4.78, 5) is 23.9. The topological polar surface area (TPSA) is 75.6 Å². The molecule has 3 fully saturated rings. The van der Waals surface area contributed by atoms with E-state index in [-0.39, 0.29) is 24.2 Å². The van der Waals surface area contributed by atoms with E-state index in [1.54, 1.807) is 0 Å². The number of ether oxygens (including phenoxy) is 1. The first kappa shape index (κ1) is 13.9. The third-order valence-corrected chi connectivity index (χ3v) is 5.30. The van der Waals surface area contributed by atoms with Gasteiger partial charge in [-0.05, 0) is 31.6 Å². The molecule has 0 aromatic carbocycles. The molecule has 2 aliphatic heterocycles. The lowest BCUT2D eigenvalue weighted by molar-refractivity contribution is -0.148. The van der Waals surface area contributed by atoms with Gasteiger partial charge in [0.2, 0.25) is 5.91 Å². The predicted molar refractivity (Wildman–Crippen MR) is 72.1 cm³/mol. The Morgan fingerprint density at radius 1 is 1.05 bits per heavy atom. The van der Waals surface area contributed by atoms with E-state index in [1.165, 1.54) is 6.42 Å². The van der Waals surface area contributed by atoms with Gasteiger partial charge in [0.05, 0.1) is 24.0 Å². The summed E-state index contributed by atoms with van der Waals surface area (Å²) in [5.41, 5.74) is 0. The predicted octanol–water partition coefficient (Wildman–Crippen LogP) is 1.56. The SMILES string of the molecule is C[C@@H]1CCCC[C@@H]1NC(=O)[C@H]1[C@@H](C(=O)O)[C@@H]2CC[C@@H]1O2. The molecule has 112 valence electrons. The van der Waals surface area contributed by atoms with Crippen molar-refractivity contribution >= 4 is 11.9 Å². The van der Waals surface area contributed by atoms with E-state index in [1.807, 2.05) is 0 Å². The molecular weight excluding hydrogens is 258 g/mol. The molecule has 6 atom stereocenters. The average molecular weight is 281 g/mol. The normalized spacial score (nSPS) is 43.5. The van der Waals surface area contributed by atoms with Crippen LogP contribution in [0.2, 0.25) is 0 Å². The molecule has 5 nitrogen and oxygen atoms in total. The van der Waals surface area contributed by atoms with E-state index >= 15 is 0 Å². The van der Waals surface area contributed by atoms with Gasteiger partial charge in [0.1, 0.15) is 0 Å². The molecule has 20 heavy (non-hydrogen) atoms. The van der Waals surface area contributed by atoms with Crippen molar-refractivity contribution in [1.29, 1.82) is 0 Å². The molecule has 2 saturated heterocycles. The maximum Gasteiger partial charge on any atom is 0.310 e. The number of carboxylic acids is 1. The van der Waals surface area contributed by atoms with Gasteiger partial charge in [-0.3, -0.25) is 9.59 Å². The summed E-state index contributed by atoms with van der Waals surface area (Å²) in [5, 5.41) is 12.5. The van der Waals surface area contributed by atoms with Gasteiger partial charge in [-0.25, -0.2) is 0 Å². The van der Waals surface area contributed by atoms with E-state index in [0.717, 1.165) is 32.1 Å². The highest BCUT2D eigenvalue weighted by molar-refractivity contribution is 5.86. The van der Waals surface area contributed by atoms with Crippen molar-refractivity contribution < 1.29 is 19.4 Å². The Balaban J connectivity index is 1.68. The molecule has 1 saturated carbocycles. The summed E-state index contributed by atoms with van der Waals surface area (Å²) < 4.78 is 5.65. The molecule has 5 heteroatoms. The van der Waals surface area contributed by atoms with Gasteiger partial charge < -0.3 is 15.2 Å². The average Bonchev–Trinajstić information content (AvgIpc) is 3.01. The van der Waals surface area contributed by atoms with Crippen molar-refractivity contribution in [2.75, 3.05) is 0 Å². The lowest BCUT2D eigenvalue weighted by Crippen LogP contribution is -2.49. The minimum absolute atomic E-state index is 0.108. The second-order valence-electron chi connectivity index (χ2n) is 6.56. The number of fused-ring (bicyclic) bond motifs is 2. The molecule has 0 aromatic rings. The fraction of sp³-hybridized carbons (Fsp3) is 0.867. The zero-order valence-corrected chi connectivity index (χ0v) is 11.9. The van der Waals surface area contributed by atoms with Gasteiger partial charge in [0.25, 0.3) is 0 Å². The van der Waals surface area contributed by atoms with Crippen LogP contribution in [0.15, 0.2) is 0 Å². The van der Waals surface area contributed by atoms with Crippen molar-refractivity contribution in [2.45, 2.75) is 63.7 Å². The summed E-state index contributed by atoms with van der Waals surface area (Å²) in [7, 11) is 0. The summed E-state index contributed by atoms with van der Waals surface area (Å²) in [5.74, 6) is -1.68. The Bertz CT molecular complexity index is 411. The number of hydrogen-bond acceptors (Lipinski definition) is 3. The number of rotatable bonds is 3. The molecule has 0 unspecified atom stereocenters. The van der Waals surface area contributed by atoms with Crippen LogP contribution in [0.1, 0.15) is 45.4 Å². The molecule has 0 aromatic heterocycles. The van der Waals surface area contributed by atoms with Crippen LogP contribution < -0.4 is 5.32 Å². The smallest absolute Gasteiger partial charge is 0.310 e. The first-order chi connectivity index (χ1) is 9.58. The summed E-state index contributed by atoms with van der Waals surface area (Å²) >= 11 is 0. The monoisotopic (exact) mass is 281 g/mol. The van der Waals surface area contributed by atoms with E-state index in [0.29, 0.717) is 5.92 Å². The molecule has 2 heterocycles. The van der Waals surface area contributed by atoms with Crippen molar-refractivity contribution in [3.8, 4) is 0 Å². The lowest BCUT2D eigenvalue weighted by Gasteiger charge is -2.32. The number of amides is 1. The highest BCUT2D eigenvalue weighted by Gasteiger charge is 2.55. The van der Waals surface area contributed by atoms with Crippen LogP contribution in [0.5, 0.6) is 0 Å². The van der Waals surface area contributed by atoms with Gasteiger partial charge in [-0.15, -0.1) is 0 Å². The first-order valence-electron chi connectivity index (χ1n) is 7.76. The number of nitrogens with one attached hydrogen (secondary N) is 1. The quantitative estimate of drug-likeness (QED) is 0.823. The minimum Gasteiger partial charge on any atom is -0.481 e. The molecule has 3 rings (SSSR count). The number of carbonyl (C=O) groups is 2. The summed E-state index contributed by atoms with van der Waals surface area (Å²) in [6.07, 6.45) is 5.63. The van der Waals surface area contributed by atoms with Crippen molar-refractivity contribution in [3.05, 3.63) is 0 Å². The molecule has 1 aliphatic carbocycles. The summed E-state index contributed by atoms with van der Waals surface area (Å²) in [6.45, 7) is 2.16. The van der Waals surface area contributed by atoms with Gasteiger partial charge >= 0.3 is 5.97 Å². The standard InChI is InChI=1S/C15H23NO4/c1-8-4-2-3-5-9(8)16-14(17)12-10-6-7-11(20-10)13(12)15(18)19/h8-13H,2-7H2,1H3,(H,16,17)(H,18,19)/t8-,9+,10+,11+,12-,13+/m1/s1. The number of hydrogen-bond donors (Lipinski definition) is 2. The summed E-state index contributed by atoms with van der Waals surface area (Å²) in [6, 6.07) is 0.199. The number of carbonyl (C=O) groups excluding carboxylic acids is 1. The minimum atomic E-state index is -0.894. The van der Waals surface area contributed by atoms with Crippen LogP contribution in [-0.4, -0.2) is 35.2 Å². The van der Waals surface area contributed by atoms with Gasteiger partial charge in [-0.2, -0.15) is 0 Å². The largest absolute Gasteiger partial charge is 0.481 e. The molecule has 0 spiro atoms. The third-order valence-electron chi connectivity index (χ3n) is 5.30. The maximum atomic E-state index is 12.5. The number of aliphatic carboxylic acids is 1. The lowest BCUT2D eigenvalue weighted by atomic mass is 9.78. The van der Waals surface area contributed by atoms with E-state index < -0.39 is 17.8 Å². The van der Waals surface area contributed by atoms with Crippen LogP contribution in [0.3, 0.4) is 0 Å². The Hall–Kier alpha value is -1.10. The first-order valence-corrected chi connectivity index (χ1v) is 7.76. The Labute approximate surface area is 119 Å². The van der Waals surface area contributed by atoms with E-state index in [9.17, 15) is 14.7 Å². The fourth-order valence-corrected chi connectivity index (χ4v) is 4.13. The van der Waals surface area contributed by atoms with Crippen LogP contribution in [0.4, 0.5) is 0 Å². The molecule has 3 aliphatic rings. The van der Waals surface area contributed by atoms with Crippen molar-refractivity contribution in [2.24, 2.45) is 17.8 Å². The second kappa shape index (κ2) is 5.35. The Morgan fingerprint density at radius 2 is 1.70 bits per heavy atom. The van der Waals surface area contributed by atoms with Crippen LogP contribution >= 0.6 is 0 Å². The Kier molecular flexibility index (Phi) is 3.71. The third kappa shape index (κ3) is 2.32. The molecular formula is C15H23NO4. The molecule has 2 N–H and O–H groups in total. The van der Waals surface area contributed by atoms with Gasteiger partial charge in [0.15, 0.2) is 0 Å². The maximum absolute atomic E-state index is 12.5. The van der Waals surface area contributed by atoms with Crippen molar-refractivity contribution in [3.63, 3.8) is 0 Å². The van der Waals surface area contributed by atoms with Crippen LogP contribution in [-0.2, 0) is 14.3 Å². The highest BCUT2D eigenvalue weighted by atomic mass is 16.5. The van der Waals surface area contributed by atoms with Crippen molar-refractivity contribution in [1.82, 2.24) is 5.32 Å². The molecule has 1 amide bonds. The van der Waals surface area contributed by atoms with Crippen LogP contribution in [0, 0.1) is 17.8 Å². The Morgan fingerprint density at radius 3 is 2.35 bits per heavy atom. The van der Waals surface area contributed by atoms with E-state index in [2.05, 4.69) is 12.2 Å². The van der Waals surface area contributed by atoms with Crippen LogP contribution in [0.25, 0.3) is 0 Å². The molecule has 0 radical (unpaired) electrons. The molecule has 2 bridgehead atoms. The zero-order chi connectivity index (χ0) is 14.3. The number of carboxylic acid groups (broad SMARTS) is 1. The highest BCUT2D eigenvalue weighted by Crippen LogP contribution is 2.43. The van der Waals surface area contributed by atoms with Gasteiger partial charge in [-0.1, -0.05) is 19.8 Å². The fourth-order valence-electron chi connectivity index (χ4n) is 4.13. The zero-order valence-electron chi connectivity index (χ0n) is 11.9. The second-order valence-corrected chi connectivity index (χ2v) is 6.56.